The van der Waals surface area contributed by atoms with Crippen LogP contribution >= 0.6 is 0 Å². The Morgan fingerprint density at radius 1 is 1.00 bits per heavy atom. The van der Waals surface area contributed by atoms with Gasteiger partial charge < -0.3 is 20.3 Å². The predicted molar refractivity (Wildman–Crippen MR) is 94.8 cm³/mol. The van der Waals surface area contributed by atoms with Crippen molar-refractivity contribution in [3.63, 3.8) is 0 Å². The van der Waals surface area contributed by atoms with Gasteiger partial charge in [-0.15, -0.1) is 0 Å². The van der Waals surface area contributed by atoms with Crippen LogP contribution in [0.25, 0.3) is 0 Å². The number of likely N-dealkylation sites (tertiary alicyclic amines) is 2. The van der Waals surface area contributed by atoms with Crippen LogP contribution in [0.1, 0.15) is 31.2 Å². The first-order chi connectivity index (χ1) is 12.6. The number of carbonyl (C=O) groups is 3. The number of nitrogens with two attached hydrogens (primary N) is 1. The lowest BCUT2D eigenvalue weighted by molar-refractivity contribution is -0.156. The number of ether oxygens (including phenoxy) is 1. The second kappa shape index (κ2) is 8.31. The molecule has 2 heterocycles. The summed E-state index contributed by atoms with van der Waals surface area (Å²) >= 11 is 0. The molecule has 7 nitrogen and oxygen atoms in total. The Morgan fingerprint density at radius 3 is 2.35 bits per heavy atom. The predicted octanol–water partition coefficient (Wildman–Crippen LogP) is 0.671. The minimum absolute atomic E-state index is 0.105. The number of amides is 2. The SMILES string of the molecule is NCC(=O)N1CCC[C@H]1C(=O)N1CCC[C@H]1C(=O)OCc1ccccc1. The highest BCUT2D eigenvalue weighted by atomic mass is 16.5. The lowest BCUT2D eigenvalue weighted by atomic mass is 10.1. The third kappa shape index (κ3) is 3.88. The summed E-state index contributed by atoms with van der Waals surface area (Å²) in [6, 6.07) is 8.38. The molecule has 2 aliphatic heterocycles. The summed E-state index contributed by atoms with van der Waals surface area (Å²) in [6.07, 6.45) is 2.75. The van der Waals surface area contributed by atoms with Crippen LogP contribution in [0.15, 0.2) is 30.3 Å². The van der Waals surface area contributed by atoms with Crippen LogP contribution in [0.4, 0.5) is 0 Å². The van der Waals surface area contributed by atoms with E-state index in [1.54, 1.807) is 9.80 Å². The largest absolute Gasteiger partial charge is 0.459 e. The minimum Gasteiger partial charge on any atom is -0.459 e. The molecule has 2 atom stereocenters. The number of carbonyl (C=O) groups excluding carboxylic acids is 3. The zero-order chi connectivity index (χ0) is 18.5. The maximum atomic E-state index is 13.0. The molecular weight excluding hydrogens is 334 g/mol. The molecule has 26 heavy (non-hydrogen) atoms. The molecule has 2 amide bonds. The fourth-order valence-corrected chi connectivity index (χ4v) is 3.73. The summed E-state index contributed by atoms with van der Waals surface area (Å²) in [5, 5.41) is 0. The Morgan fingerprint density at radius 2 is 1.65 bits per heavy atom. The highest BCUT2D eigenvalue weighted by molar-refractivity contribution is 5.92. The van der Waals surface area contributed by atoms with Gasteiger partial charge in [-0.2, -0.15) is 0 Å². The normalized spacial score (nSPS) is 22.5. The Hall–Kier alpha value is -2.41. The standard InChI is InChI=1S/C19H25N3O4/c20-12-17(23)21-10-4-8-15(21)18(24)22-11-5-9-16(22)19(25)26-13-14-6-2-1-3-7-14/h1-3,6-7,15-16H,4-5,8-13,20H2/t15-,16-/m0/s1. The van der Waals surface area contributed by atoms with Crippen LogP contribution in [0, 0.1) is 0 Å². The van der Waals surface area contributed by atoms with E-state index in [1.807, 2.05) is 30.3 Å². The molecule has 0 spiro atoms. The van der Waals surface area contributed by atoms with Gasteiger partial charge in [0, 0.05) is 13.1 Å². The molecule has 0 unspecified atom stereocenters. The Bertz CT molecular complexity index is 664. The lowest BCUT2D eigenvalue weighted by Crippen LogP contribution is -2.52. The van der Waals surface area contributed by atoms with Crippen molar-refractivity contribution in [3.8, 4) is 0 Å². The third-order valence-corrected chi connectivity index (χ3v) is 5.06. The Kier molecular flexibility index (Phi) is 5.88. The van der Waals surface area contributed by atoms with Crippen molar-refractivity contribution in [1.82, 2.24) is 9.80 Å². The lowest BCUT2D eigenvalue weighted by Gasteiger charge is -2.30. The van der Waals surface area contributed by atoms with Gasteiger partial charge in [-0.1, -0.05) is 30.3 Å². The van der Waals surface area contributed by atoms with Gasteiger partial charge in [0.1, 0.15) is 18.7 Å². The zero-order valence-corrected chi connectivity index (χ0v) is 14.8. The first-order valence-corrected chi connectivity index (χ1v) is 9.12. The van der Waals surface area contributed by atoms with Crippen LogP contribution in [-0.2, 0) is 25.7 Å². The summed E-state index contributed by atoms with van der Waals surface area (Å²) in [5.74, 6) is -0.763. The molecule has 2 aliphatic rings. The van der Waals surface area contributed by atoms with E-state index in [1.165, 1.54) is 0 Å². The third-order valence-electron chi connectivity index (χ3n) is 5.06. The molecule has 7 heteroatoms. The summed E-state index contributed by atoms with van der Waals surface area (Å²) in [5.41, 5.74) is 6.36. The highest BCUT2D eigenvalue weighted by Crippen LogP contribution is 2.25. The number of esters is 1. The van der Waals surface area contributed by atoms with Gasteiger partial charge >= 0.3 is 5.97 Å². The Labute approximate surface area is 153 Å². The quantitative estimate of drug-likeness (QED) is 0.780. The number of nitrogens with zero attached hydrogens (tertiary/aromatic N) is 2. The smallest absolute Gasteiger partial charge is 0.329 e. The average Bonchev–Trinajstić information content (AvgIpc) is 3.35. The Balaban J connectivity index is 1.62. The molecule has 140 valence electrons. The van der Waals surface area contributed by atoms with Crippen molar-refractivity contribution in [3.05, 3.63) is 35.9 Å². The molecule has 1 aromatic carbocycles. The monoisotopic (exact) mass is 359 g/mol. The zero-order valence-electron chi connectivity index (χ0n) is 14.8. The van der Waals surface area contributed by atoms with Crippen molar-refractivity contribution >= 4 is 17.8 Å². The summed E-state index contributed by atoms with van der Waals surface area (Å²) in [4.78, 5) is 40.5. The number of benzene rings is 1. The summed E-state index contributed by atoms with van der Waals surface area (Å²) in [7, 11) is 0. The molecule has 0 aliphatic carbocycles. The maximum absolute atomic E-state index is 13.0. The van der Waals surface area contributed by atoms with Gasteiger partial charge in [0.2, 0.25) is 11.8 Å². The first-order valence-electron chi connectivity index (χ1n) is 9.12. The number of hydrogen-bond donors (Lipinski definition) is 1. The maximum Gasteiger partial charge on any atom is 0.329 e. The molecule has 0 bridgehead atoms. The van der Waals surface area contributed by atoms with Gasteiger partial charge in [0.05, 0.1) is 6.54 Å². The van der Waals surface area contributed by atoms with Crippen molar-refractivity contribution in [1.29, 1.82) is 0 Å². The van der Waals surface area contributed by atoms with Gasteiger partial charge in [-0.25, -0.2) is 4.79 Å². The molecule has 1 aromatic rings. The molecule has 0 radical (unpaired) electrons. The van der Waals surface area contributed by atoms with Gasteiger partial charge in [-0.05, 0) is 31.2 Å². The average molecular weight is 359 g/mol. The van der Waals surface area contributed by atoms with Crippen molar-refractivity contribution in [2.24, 2.45) is 5.73 Å². The van der Waals surface area contributed by atoms with E-state index in [0.717, 1.165) is 18.4 Å². The van der Waals surface area contributed by atoms with Crippen LogP contribution in [0.3, 0.4) is 0 Å². The van der Waals surface area contributed by atoms with Crippen LogP contribution < -0.4 is 5.73 Å². The molecule has 2 saturated heterocycles. The number of hydrogen-bond acceptors (Lipinski definition) is 5. The molecular formula is C19H25N3O4. The van der Waals surface area contributed by atoms with E-state index in [0.29, 0.717) is 25.9 Å². The highest BCUT2D eigenvalue weighted by Gasteiger charge is 2.42. The molecule has 3 rings (SSSR count). The van der Waals surface area contributed by atoms with Gasteiger partial charge in [0.25, 0.3) is 0 Å². The second-order valence-electron chi connectivity index (χ2n) is 6.73. The number of rotatable bonds is 5. The van der Waals surface area contributed by atoms with Gasteiger partial charge in [0.15, 0.2) is 0 Å². The van der Waals surface area contributed by atoms with E-state index >= 15 is 0 Å². The van der Waals surface area contributed by atoms with Crippen molar-refractivity contribution in [2.75, 3.05) is 19.6 Å². The van der Waals surface area contributed by atoms with Gasteiger partial charge in [-0.3, -0.25) is 9.59 Å². The topological polar surface area (TPSA) is 92.9 Å². The molecule has 0 saturated carbocycles. The van der Waals surface area contributed by atoms with Crippen molar-refractivity contribution in [2.45, 2.75) is 44.4 Å². The van der Waals surface area contributed by atoms with E-state index in [2.05, 4.69) is 0 Å². The van der Waals surface area contributed by atoms with Crippen LogP contribution in [0.5, 0.6) is 0 Å². The fraction of sp³-hybridized carbons (Fsp3) is 0.526. The minimum atomic E-state index is -0.568. The fourth-order valence-electron chi connectivity index (χ4n) is 3.73. The summed E-state index contributed by atoms with van der Waals surface area (Å²) < 4.78 is 5.42. The molecule has 2 N–H and O–H groups in total. The van der Waals surface area contributed by atoms with Crippen molar-refractivity contribution < 1.29 is 19.1 Å². The van der Waals surface area contributed by atoms with Crippen LogP contribution in [0.2, 0.25) is 0 Å². The molecule has 0 aromatic heterocycles. The van der Waals surface area contributed by atoms with E-state index < -0.39 is 12.1 Å². The molecule has 2 fully saturated rings. The van der Waals surface area contributed by atoms with E-state index in [9.17, 15) is 14.4 Å². The van der Waals surface area contributed by atoms with Crippen LogP contribution in [-0.4, -0.2) is 59.3 Å². The summed E-state index contributed by atoms with van der Waals surface area (Å²) in [6.45, 7) is 1.15. The second-order valence-corrected chi connectivity index (χ2v) is 6.73. The van der Waals surface area contributed by atoms with E-state index in [4.69, 9.17) is 10.5 Å². The van der Waals surface area contributed by atoms with E-state index in [-0.39, 0.29) is 30.9 Å². The first kappa shape index (κ1) is 18.4.